The molecule has 0 spiro atoms. The summed E-state index contributed by atoms with van der Waals surface area (Å²) in [6.07, 6.45) is 1.24. The summed E-state index contributed by atoms with van der Waals surface area (Å²) in [4.78, 5) is 9.08. The summed E-state index contributed by atoms with van der Waals surface area (Å²) in [6, 6.07) is 0.678. The molecule has 1 fully saturated rings. The average molecular weight is 276 g/mol. The molecule has 0 bridgehead atoms. The Morgan fingerprint density at radius 3 is 2.93 bits per heavy atom. The first-order valence-corrected chi connectivity index (χ1v) is 6.36. The molecular weight excluding hydrogens is 262 g/mol. The van der Waals surface area contributed by atoms with Gasteiger partial charge in [0.25, 0.3) is 0 Å². The third-order valence-electron chi connectivity index (χ3n) is 2.63. The van der Waals surface area contributed by atoms with Crippen LogP contribution in [0.15, 0.2) is 9.98 Å². The van der Waals surface area contributed by atoms with Crippen molar-refractivity contribution in [2.75, 3.05) is 32.1 Å². The zero-order valence-corrected chi connectivity index (χ0v) is 10.8. The van der Waals surface area contributed by atoms with E-state index in [-0.39, 0.29) is 0 Å². The van der Waals surface area contributed by atoms with E-state index >= 15 is 0 Å². The van der Waals surface area contributed by atoms with Crippen LogP contribution >= 0.6 is 27.3 Å². The number of hydrogen-bond acceptors (Lipinski definition) is 4. The number of likely N-dealkylation sites (N-methyl/N-ethyl adjacent to an activating group) is 1. The van der Waals surface area contributed by atoms with Crippen LogP contribution in [0.2, 0.25) is 0 Å². The number of thiazole rings is 1. The van der Waals surface area contributed by atoms with E-state index < -0.39 is 0 Å². The molecule has 2 heterocycles. The van der Waals surface area contributed by atoms with Crippen molar-refractivity contribution in [1.82, 2.24) is 9.88 Å². The highest BCUT2D eigenvalue weighted by Crippen LogP contribution is 2.27. The molecule has 1 unspecified atom stereocenters. The molecule has 1 saturated heterocycles. The van der Waals surface area contributed by atoms with Crippen LogP contribution in [0.3, 0.4) is 0 Å². The Labute approximate surface area is 96.9 Å². The summed E-state index contributed by atoms with van der Waals surface area (Å²) in [7, 11) is 4.29. The van der Waals surface area contributed by atoms with Crippen molar-refractivity contribution in [3.05, 3.63) is 9.98 Å². The van der Waals surface area contributed by atoms with Gasteiger partial charge in [-0.05, 0) is 36.4 Å². The Morgan fingerprint density at radius 2 is 2.43 bits per heavy atom. The van der Waals surface area contributed by atoms with Crippen LogP contribution in [0, 0.1) is 0 Å². The first-order chi connectivity index (χ1) is 6.66. The Balaban J connectivity index is 2.02. The fourth-order valence-corrected chi connectivity index (χ4v) is 3.01. The van der Waals surface area contributed by atoms with Crippen LogP contribution in [0.4, 0.5) is 5.13 Å². The third kappa shape index (κ3) is 2.10. The molecule has 1 aromatic rings. The Kier molecular flexibility index (Phi) is 3.09. The van der Waals surface area contributed by atoms with Crippen molar-refractivity contribution in [2.45, 2.75) is 12.5 Å². The molecule has 2 rings (SSSR count). The van der Waals surface area contributed by atoms with Crippen LogP contribution in [-0.4, -0.2) is 43.1 Å². The van der Waals surface area contributed by atoms with Gasteiger partial charge in [-0.1, -0.05) is 0 Å². The van der Waals surface area contributed by atoms with Gasteiger partial charge in [0.15, 0.2) is 5.13 Å². The molecule has 0 aliphatic carbocycles. The van der Waals surface area contributed by atoms with Crippen LogP contribution in [0.1, 0.15) is 6.42 Å². The van der Waals surface area contributed by atoms with Crippen LogP contribution in [-0.2, 0) is 0 Å². The van der Waals surface area contributed by atoms with Crippen LogP contribution in [0.5, 0.6) is 0 Å². The lowest BCUT2D eigenvalue weighted by atomic mass is 10.2. The highest BCUT2D eigenvalue weighted by Gasteiger charge is 2.25. The van der Waals surface area contributed by atoms with Gasteiger partial charge < -0.3 is 9.80 Å². The van der Waals surface area contributed by atoms with E-state index in [1.807, 2.05) is 5.38 Å². The molecular formula is C9H14BrN3S. The molecule has 0 aromatic carbocycles. The number of aromatic nitrogens is 1. The van der Waals surface area contributed by atoms with Gasteiger partial charge in [0.05, 0.1) is 0 Å². The molecule has 0 saturated carbocycles. The fraction of sp³-hybridized carbons (Fsp3) is 0.667. The fourth-order valence-electron chi connectivity index (χ4n) is 1.73. The zero-order valence-electron chi connectivity index (χ0n) is 8.40. The van der Waals surface area contributed by atoms with E-state index in [2.05, 4.69) is 44.8 Å². The lowest BCUT2D eigenvalue weighted by Gasteiger charge is -2.19. The van der Waals surface area contributed by atoms with E-state index in [0.29, 0.717) is 6.04 Å². The number of halogens is 1. The molecule has 78 valence electrons. The molecule has 0 N–H and O–H groups in total. The molecule has 5 heteroatoms. The molecule has 1 aliphatic heterocycles. The smallest absolute Gasteiger partial charge is 0.186 e. The van der Waals surface area contributed by atoms with Gasteiger partial charge in [0, 0.05) is 24.5 Å². The maximum absolute atomic E-state index is 4.43. The van der Waals surface area contributed by atoms with Crippen molar-refractivity contribution >= 4 is 32.4 Å². The summed E-state index contributed by atoms with van der Waals surface area (Å²) in [5.74, 6) is 0. The first-order valence-electron chi connectivity index (χ1n) is 4.69. The lowest BCUT2D eigenvalue weighted by molar-refractivity contribution is 0.315. The first kappa shape index (κ1) is 10.4. The van der Waals surface area contributed by atoms with Crippen LogP contribution < -0.4 is 4.90 Å². The van der Waals surface area contributed by atoms with Gasteiger partial charge in [0.1, 0.15) is 4.60 Å². The van der Waals surface area contributed by atoms with Crippen molar-refractivity contribution in [3.63, 3.8) is 0 Å². The second-order valence-electron chi connectivity index (χ2n) is 3.80. The Morgan fingerprint density at radius 1 is 1.64 bits per heavy atom. The third-order valence-corrected chi connectivity index (χ3v) is 4.24. The molecule has 0 radical (unpaired) electrons. The van der Waals surface area contributed by atoms with E-state index in [1.54, 1.807) is 11.3 Å². The molecule has 1 aromatic heterocycles. The normalized spacial score (nSPS) is 22.3. The monoisotopic (exact) mass is 275 g/mol. The maximum atomic E-state index is 4.43. The van der Waals surface area contributed by atoms with Gasteiger partial charge in [-0.15, -0.1) is 11.3 Å². The topological polar surface area (TPSA) is 19.4 Å². The lowest BCUT2D eigenvalue weighted by Crippen LogP contribution is -2.31. The van der Waals surface area contributed by atoms with Crippen molar-refractivity contribution < 1.29 is 0 Å². The minimum atomic E-state index is 0.678. The summed E-state index contributed by atoms with van der Waals surface area (Å²) in [6.45, 7) is 2.23. The highest BCUT2D eigenvalue weighted by atomic mass is 79.9. The van der Waals surface area contributed by atoms with E-state index in [0.717, 1.165) is 22.8 Å². The van der Waals surface area contributed by atoms with Crippen molar-refractivity contribution in [3.8, 4) is 0 Å². The largest absolute Gasteiger partial charge is 0.346 e. The van der Waals surface area contributed by atoms with E-state index in [1.165, 1.54) is 6.42 Å². The Bertz CT molecular complexity index is 313. The SMILES string of the molecule is CN(C)C1CCN(c2nc(Br)cs2)C1. The minimum absolute atomic E-state index is 0.678. The number of anilines is 1. The van der Waals surface area contributed by atoms with E-state index in [4.69, 9.17) is 0 Å². The highest BCUT2D eigenvalue weighted by molar-refractivity contribution is 9.10. The standard InChI is InChI=1S/C9H14BrN3S/c1-12(2)7-3-4-13(5-7)9-11-8(10)6-14-9/h6-7H,3-5H2,1-2H3. The maximum Gasteiger partial charge on any atom is 0.186 e. The second kappa shape index (κ2) is 4.16. The minimum Gasteiger partial charge on any atom is -0.346 e. The number of nitrogens with zero attached hydrogens (tertiary/aromatic N) is 3. The number of rotatable bonds is 2. The molecule has 1 atom stereocenters. The average Bonchev–Trinajstić information content (AvgIpc) is 2.70. The predicted molar refractivity (Wildman–Crippen MR) is 64.1 cm³/mol. The Hall–Kier alpha value is -0.130. The van der Waals surface area contributed by atoms with Gasteiger partial charge in [-0.25, -0.2) is 4.98 Å². The predicted octanol–water partition coefficient (Wildman–Crippen LogP) is 2.05. The zero-order chi connectivity index (χ0) is 10.1. The molecule has 3 nitrogen and oxygen atoms in total. The molecule has 14 heavy (non-hydrogen) atoms. The summed E-state index contributed by atoms with van der Waals surface area (Å²) >= 11 is 5.10. The molecule has 0 amide bonds. The van der Waals surface area contributed by atoms with Gasteiger partial charge in [0.2, 0.25) is 0 Å². The van der Waals surface area contributed by atoms with Crippen molar-refractivity contribution in [1.29, 1.82) is 0 Å². The van der Waals surface area contributed by atoms with E-state index in [9.17, 15) is 0 Å². The summed E-state index contributed by atoms with van der Waals surface area (Å²) in [5.41, 5.74) is 0. The van der Waals surface area contributed by atoms with Gasteiger partial charge >= 0.3 is 0 Å². The van der Waals surface area contributed by atoms with Crippen molar-refractivity contribution in [2.24, 2.45) is 0 Å². The number of hydrogen-bond donors (Lipinski definition) is 0. The summed E-state index contributed by atoms with van der Waals surface area (Å²) < 4.78 is 0.950. The van der Waals surface area contributed by atoms with Gasteiger partial charge in [-0.2, -0.15) is 0 Å². The second-order valence-corrected chi connectivity index (χ2v) is 5.45. The van der Waals surface area contributed by atoms with Gasteiger partial charge in [-0.3, -0.25) is 0 Å². The van der Waals surface area contributed by atoms with Crippen LogP contribution in [0.25, 0.3) is 0 Å². The quantitative estimate of drug-likeness (QED) is 0.824. The molecule has 1 aliphatic rings. The summed E-state index contributed by atoms with van der Waals surface area (Å²) in [5, 5.41) is 3.18.